The fourth-order valence-electron chi connectivity index (χ4n) is 2.19. The number of anilines is 1. The predicted molar refractivity (Wildman–Crippen MR) is 89.3 cm³/mol. The number of aliphatic carboxylic acids is 1. The van der Waals surface area contributed by atoms with Crippen molar-refractivity contribution in [3.05, 3.63) is 70.0 Å². The van der Waals surface area contributed by atoms with Crippen LogP contribution < -0.4 is 4.90 Å². The Kier molecular flexibility index (Phi) is 6.20. The topological polar surface area (TPSA) is 110 Å². The highest BCUT2D eigenvalue weighted by Crippen LogP contribution is 2.29. The number of nitrogens with zero attached hydrogens (tertiary/aromatic N) is 2. The first-order chi connectivity index (χ1) is 12.4. The van der Waals surface area contributed by atoms with Crippen molar-refractivity contribution < 1.29 is 28.7 Å². The van der Waals surface area contributed by atoms with Crippen molar-refractivity contribution in [1.82, 2.24) is 0 Å². The van der Waals surface area contributed by atoms with Gasteiger partial charge in [-0.1, -0.05) is 30.3 Å². The number of carboxylic acid groups (broad SMARTS) is 1. The highest BCUT2D eigenvalue weighted by Gasteiger charge is 2.26. The maximum atomic E-state index is 13.3. The van der Waals surface area contributed by atoms with Gasteiger partial charge >= 0.3 is 12.1 Å². The summed E-state index contributed by atoms with van der Waals surface area (Å²) in [5.74, 6) is -2.05. The van der Waals surface area contributed by atoms with Crippen LogP contribution in [0.2, 0.25) is 0 Å². The zero-order valence-electron chi connectivity index (χ0n) is 13.5. The molecule has 0 spiro atoms. The van der Waals surface area contributed by atoms with Gasteiger partial charge in [-0.25, -0.2) is 9.18 Å². The van der Waals surface area contributed by atoms with Gasteiger partial charge in [-0.15, -0.1) is 0 Å². The van der Waals surface area contributed by atoms with Gasteiger partial charge in [0.05, 0.1) is 17.4 Å². The van der Waals surface area contributed by atoms with E-state index in [0.717, 1.165) is 17.0 Å². The molecule has 0 aliphatic rings. The van der Waals surface area contributed by atoms with Gasteiger partial charge in [0.1, 0.15) is 18.1 Å². The van der Waals surface area contributed by atoms with Crippen LogP contribution in [0.3, 0.4) is 0 Å². The second kappa shape index (κ2) is 8.56. The van der Waals surface area contributed by atoms with Crippen LogP contribution >= 0.6 is 0 Å². The molecule has 136 valence electrons. The van der Waals surface area contributed by atoms with Crippen LogP contribution in [-0.4, -0.2) is 28.6 Å². The maximum Gasteiger partial charge on any atom is 0.414 e. The van der Waals surface area contributed by atoms with Gasteiger partial charge in [0.2, 0.25) is 0 Å². The Bertz CT molecular complexity index is 812. The quantitative estimate of drug-likeness (QED) is 0.597. The fraction of sp³-hybridized carbons (Fsp3) is 0.176. The molecule has 0 saturated heterocycles. The van der Waals surface area contributed by atoms with Crippen LogP contribution in [0.5, 0.6) is 0 Å². The Labute approximate surface area is 147 Å². The zero-order chi connectivity index (χ0) is 19.1. The van der Waals surface area contributed by atoms with Crippen molar-refractivity contribution in [2.45, 2.75) is 13.0 Å². The summed E-state index contributed by atoms with van der Waals surface area (Å²) in [4.78, 5) is 34.3. The number of hydrogen-bond acceptors (Lipinski definition) is 5. The van der Waals surface area contributed by atoms with E-state index in [-0.39, 0.29) is 18.8 Å². The fourth-order valence-corrected chi connectivity index (χ4v) is 2.19. The number of ether oxygens (including phenoxy) is 1. The van der Waals surface area contributed by atoms with E-state index in [1.54, 1.807) is 30.3 Å². The van der Waals surface area contributed by atoms with Crippen LogP contribution in [0.25, 0.3) is 0 Å². The van der Waals surface area contributed by atoms with Gasteiger partial charge in [0.15, 0.2) is 0 Å². The molecule has 0 atom stereocenters. The molecule has 2 aromatic carbocycles. The highest BCUT2D eigenvalue weighted by atomic mass is 19.1. The molecule has 0 aliphatic carbocycles. The van der Waals surface area contributed by atoms with Crippen LogP contribution in [0.15, 0.2) is 48.5 Å². The molecule has 1 amide bonds. The zero-order valence-corrected chi connectivity index (χ0v) is 13.5. The molecule has 0 unspecified atom stereocenters. The molecule has 0 heterocycles. The van der Waals surface area contributed by atoms with Crippen molar-refractivity contribution in [3.8, 4) is 0 Å². The molecule has 9 heteroatoms. The number of carbonyl (C=O) groups is 2. The molecule has 0 aromatic heterocycles. The van der Waals surface area contributed by atoms with Gasteiger partial charge in [-0.3, -0.25) is 19.8 Å². The third kappa shape index (κ3) is 5.00. The van der Waals surface area contributed by atoms with E-state index < -0.39 is 34.9 Å². The normalized spacial score (nSPS) is 10.2. The van der Waals surface area contributed by atoms with Crippen molar-refractivity contribution in [3.63, 3.8) is 0 Å². The molecule has 0 saturated carbocycles. The summed E-state index contributed by atoms with van der Waals surface area (Å²) in [5, 5.41) is 20.0. The molecule has 0 bridgehead atoms. The molecule has 1 N–H and O–H groups in total. The second-order valence-corrected chi connectivity index (χ2v) is 5.23. The van der Waals surface area contributed by atoms with Crippen LogP contribution in [0, 0.1) is 15.9 Å². The van der Waals surface area contributed by atoms with Gasteiger partial charge in [0.25, 0.3) is 5.69 Å². The summed E-state index contributed by atoms with van der Waals surface area (Å²) < 4.78 is 18.4. The lowest BCUT2D eigenvalue weighted by atomic mass is 10.2. The van der Waals surface area contributed by atoms with Crippen molar-refractivity contribution in [2.75, 3.05) is 11.4 Å². The maximum absolute atomic E-state index is 13.3. The minimum Gasteiger partial charge on any atom is -0.481 e. The summed E-state index contributed by atoms with van der Waals surface area (Å²) in [7, 11) is 0. The predicted octanol–water partition coefficient (Wildman–Crippen LogP) is 3.35. The number of rotatable bonds is 7. The van der Waals surface area contributed by atoms with E-state index in [0.29, 0.717) is 11.6 Å². The van der Waals surface area contributed by atoms with E-state index in [4.69, 9.17) is 9.84 Å². The Morgan fingerprint density at radius 2 is 1.88 bits per heavy atom. The third-order valence-electron chi connectivity index (χ3n) is 3.40. The van der Waals surface area contributed by atoms with E-state index in [1.165, 1.54) is 0 Å². The lowest BCUT2D eigenvalue weighted by molar-refractivity contribution is -0.384. The summed E-state index contributed by atoms with van der Waals surface area (Å²) in [5.41, 5.74) is -0.213. The third-order valence-corrected chi connectivity index (χ3v) is 3.40. The van der Waals surface area contributed by atoms with Crippen LogP contribution in [0.4, 0.5) is 20.6 Å². The number of halogens is 1. The molecule has 0 fully saturated rings. The van der Waals surface area contributed by atoms with Crippen molar-refractivity contribution in [2.24, 2.45) is 0 Å². The van der Waals surface area contributed by atoms with Crippen LogP contribution in [0.1, 0.15) is 12.0 Å². The number of nitro groups is 1. The number of carboxylic acids is 1. The number of amides is 1. The van der Waals surface area contributed by atoms with E-state index >= 15 is 0 Å². The Hall–Kier alpha value is -3.49. The van der Waals surface area contributed by atoms with E-state index in [9.17, 15) is 24.1 Å². The van der Waals surface area contributed by atoms with E-state index in [1.807, 2.05) is 0 Å². The minimum atomic E-state index is -1.20. The number of carbonyl (C=O) groups excluding carboxylic acids is 1. The summed E-state index contributed by atoms with van der Waals surface area (Å²) in [6.07, 6.45) is -1.43. The van der Waals surface area contributed by atoms with Gasteiger partial charge in [0, 0.05) is 6.54 Å². The van der Waals surface area contributed by atoms with Crippen LogP contribution in [-0.2, 0) is 16.1 Å². The molecule has 0 radical (unpaired) electrons. The molecular formula is C17H15FN2O6. The average Bonchev–Trinajstić information content (AvgIpc) is 2.61. The van der Waals surface area contributed by atoms with Gasteiger partial charge in [-0.05, 0) is 17.7 Å². The van der Waals surface area contributed by atoms with Gasteiger partial charge in [-0.2, -0.15) is 0 Å². The number of hydrogen-bond donors (Lipinski definition) is 1. The SMILES string of the molecule is O=C(O)CCN(C(=O)OCc1ccccc1)c1ccc(F)cc1[N+](=O)[O-]. The molecule has 8 nitrogen and oxygen atoms in total. The van der Waals surface area contributed by atoms with Crippen molar-refractivity contribution >= 4 is 23.4 Å². The molecule has 2 rings (SSSR count). The second-order valence-electron chi connectivity index (χ2n) is 5.23. The first-order valence-corrected chi connectivity index (χ1v) is 7.52. The molecule has 26 heavy (non-hydrogen) atoms. The highest BCUT2D eigenvalue weighted by molar-refractivity contribution is 5.91. The first kappa shape index (κ1) is 18.8. The Morgan fingerprint density at radius 3 is 2.50 bits per heavy atom. The summed E-state index contributed by atoms with van der Waals surface area (Å²) >= 11 is 0. The summed E-state index contributed by atoms with van der Waals surface area (Å²) in [6, 6.07) is 11.4. The molecule has 2 aromatic rings. The van der Waals surface area contributed by atoms with Crippen molar-refractivity contribution in [1.29, 1.82) is 0 Å². The number of nitro benzene ring substituents is 1. The average molecular weight is 362 g/mol. The lowest BCUT2D eigenvalue weighted by Gasteiger charge is -2.21. The number of benzene rings is 2. The standard InChI is InChI=1S/C17H15FN2O6/c18-13-6-7-14(15(10-13)20(24)25)19(9-8-16(21)22)17(23)26-11-12-4-2-1-3-5-12/h1-7,10H,8-9,11H2,(H,21,22). The van der Waals surface area contributed by atoms with Gasteiger partial charge < -0.3 is 9.84 Å². The van der Waals surface area contributed by atoms with E-state index in [2.05, 4.69) is 0 Å². The Balaban J connectivity index is 2.26. The smallest absolute Gasteiger partial charge is 0.414 e. The summed E-state index contributed by atoms with van der Waals surface area (Å²) in [6.45, 7) is -0.465. The Morgan fingerprint density at radius 1 is 1.19 bits per heavy atom. The first-order valence-electron chi connectivity index (χ1n) is 7.52. The lowest BCUT2D eigenvalue weighted by Crippen LogP contribution is -2.34. The molecular weight excluding hydrogens is 347 g/mol. The molecule has 0 aliphatic heterocycles. The monoisotopic (exact) mass is 362 g/mol. The minimum absolute atomic E-state index is 0.0990. The largest absolute Gasteiger partial charge is 0.481 e.